The summed E-state index contributed by atoms with van der Waals surface area (Å²) in [7, 11) is 0. The number of phenolic OH excluding ortho intramolecular Hbond substituents is 1. The van der Waals surface area contributed by atoms with E-state index in [-0.39, 0.29) is 49.8 Å². The van der Waals surface area contributed by atoms with Crippen LogP contribution in [0, 0.1) is 11.8 Å². The molecule has 0 aliphatic heterocycles. The first-order chi connectivity index (χ1) is 28.1. The molecule has 336 valence electrons. The smallest absolute Gasteiger partial charge is 0.326 e. The lowest BCUT2D eigenvalue weighted by atomic mass is 10.00. The SMILES string of the molecule is CC(C)C[C@H](NC(=O)[C@H](CO)NC(=O)[C@H](CC(C)C)NC(=O)[C@H](Cc1ccc(O)cc1)NC(=O)[C@@H](N)CC(=O)O)C(=O)N[C@@H](CC(=O)O)C(=O)N[C@@H](CCCCN)C(=O)O. The van der Waals surface area contributed by atoms with Crippen LogP contribution in [0.25, 0.3) is 0 Å². The van der Waals surface area contributed by atoms with Gasteiger partial charge in [0.05, 0.1) is 25.5 Å². The number of unbranched alkanes of at least 4 members (excludes halogenated alkanes) is 1. The topological polar surface area (TPSA) is 379 Å². The number of aliphatic carboxylic acids is 3. The van der Waals surface area contributed by atoms with Gasteiger partial charge in [-0.25, -0.2) is 4.79 Å². The number of rotatable bonds is 28. The Kier molecular flexibility index (Phi) is 22.8. The molecule has 1 aromatic carbocycles. The number of nitrogens with two attached hydrogens (primary N) is 2. The third-order valence-corrected chi connectivity index (χ3v) is 8.81. The average molecular weight is 853 g/mol. The number of nitrogens with one attached hydrogen (secondary N) is 6. The van der Waals surface area contributed by atoms with Crippen LogP contribution in [0.5, 0.6) is 5.75 Å². The zero-order valence-electron chi connectivity index (χ0n) is 34.1. The predicted octanol–water partition coefficient (Wildman–Crippen LogP) is -2.58. The van der Waals surface area contributed by atoms with E-state index in [1.54, 1.807) is 27.7 Å². The summed E-state index contributed by atoms with van der Waals surface area (Å²) in [6, 6.07) is -5.04. The molecule has 1 rings (SSSR count). The molecule has 0 saturated heterocycles. The van der Waals surface area contributed by atoms with Gasteiger partial charge in [-0.05, 0) is 68.2 Å². The van der Waals surface area contributed by atoms with E-state index in [0.29, 0.717) is 18.4 Å². The minimum Gasteiger partial charge on any atom is -0.508 e. The van der Waals surface area contributed by atoms with Gasteiger partial charge in [0.15, 0.2) is 0 Å². The number of amides is 6. The number of phenols is 1. The second kappa shape index (κ2) is 26.3. The van der Waals surface area contributed by atoms with Crippen LogP contribution in [0.2, 0.25) is 0 Å². The summed E-state index contributed by atoms with van der Waals surface area (Å²) in [5.74, 6) is -10.9. The van der Waals surface area contributed by atoms with Gasteiger partial charge in [0.1, 0.15) is 42.0 Å². The molecule has 22 heteroatoms. The van der Waals surface area contributed by atoms with Crippen molar-refractivity contribution in [3.63, 3.8) is 0 Å². The lowest BCUT2D eigenvalue weighted by Gasteiger charge is -2.28. The molecule has 1 aromatic rings. The molecule has 22 nitrogen and oxygen atoms in total. The second-order valence-corrected chi connectivity index (χ2v) is 15.1. The number of hydrogen-bond acceptors (Lipinski definition) is 13. The zero-order chi connectivity index (χ0) is 45.7. The Hall–Kier alpha value is -5.87. The Morgan fingerprint density at radius 1 is 0.567 bits per heavy atom. The zero-order valence-corrected chi connectivity index (χ0v) is 34.1. The van der Waals surface area contributed by atoms with E-state index in [1.807, 2.05) is 0 Å². The maximum atomic E-state index is 13.7. The van der Waals surface area contributed by atoms with Gasteiger partial charge in [-0.3, -0.25) is 38.4 Å². The Labute approximate surface area is 347 Å². The number of hydrogen-bond donors (Lipinski definition) is 13. The van der Waals surface area contributed by atoms with Gasteiger partial charge in [-0.15, -0.1) is 0 Å². The quantitative estimate of drug-likeness (QED) is 0.0385. The molecule has 6 amide bonds. The van der Waals surface area contributed by atoms with E-state index >= 15 is 0 Å². The van der Waals surface area contributed by atoms with Gasteiger partial charge >= 0.3 is 17.9 Å². The molecule has 15 N–H and O–H groups in total. The van der Waals surface area contributed by atoms with Crippen LogP contribution < -0.4 is 43.4 Å². The summed E-state index contributed by atoms with van der Waals surface area (Å²) >= 11 is 0. The summed E-state index contributed by atoms with van der Waals surface area (Å²) < 4.78 is 0. The Bertz CT molecular complexity index is 1640. The van der Waals surface area contributed by atoms with Crippen molar-refractivity contribution >= 4 is 53.4 Å². The van der Waals surface area contributed by atoms with Crippen LogP contribution >= 0.6 is 0 Å². The molecule has 0 aliphatic rings. The third-order valence-electron chi connectivity index (χ3n) is 8.81. The van der Waals surface area contributed by atoms with E-state index in [0.717, 1.165) is 0 Å². The molecule has 0 fully saturated rings. The van der Waals surface area contributed by atoms with Crippen molar-refractivity contribution in [1.82, 2.24) is 31.9 Å². The molecule has 60 heavy (non-hydrogen) atoms. The van der Waals surface area contributed by atoms with Crippen LogP contribution in [-0.4, -0.2) is 134 Å². The minimum absolute atomic E-state index is 0.0170. The molecular weight excluding hydrogens is 792 g/mol. The normalized spacial score (nSPS) is 14.6. The number of carbonyl (C=O) groups is 9. The van der Waals surface area contributed by atoms with Crippen LogP contribution in [0.3, 0.4) is 0 Å². The fourth-order valence-corrected chi connectivity index (χ4v) is 5.73. The first kappa shape index (κ1) is 52.1. The predicted molar refractivity (Wildman–Crippen MR) is 212 cm³/mol. The van der Waals surface area contributed by atoms with E-state index < -0.39 is 115 Å². The highest BCUT2D eigenvalue weighted by atomic mass is 16.4. The molecule has 0 saturated carbocycles. The van der Waals surface area contributed by atoms with Crippen LogP contribution in [0.15, 0.2) is 24.3 Å². The summed E-state index contributed by atoms with van der Waals surface area (Å²) in [6.45, 7) is 6.10. The van der Waals surface area contributed by atoms with E-state index in [1.165, 1.54) is 24.3 Å². The highest BCUT2D eigenvalue weighted by molar-refractivity contribution is 5.98. The van der Waals surface area contributed by atoms with Gasteiger partial charge in [0.2, 0.25) is 35.4 Å². The monoisotopic (exact) mass is 852 g/mol. The molecule has 0 bridgehead atoms. The molecular formula is C38H60N8O14. The molecule has 0 radical (unpaired) electrons. The fraction of sp³-hybridized carbons (Fsp3) is 0.605. The molecule has 0 unspecified atom stereocenters. The van der Waals surface area contributed by atoms with Crippen LogP contribution in [0.4, 0.5) is 0 Å². The first-order valence-corrected chi connectivity index (χ1v) is 19.4. The summed E-state index contributed by atoms with van der Waals surface area (Å²) in [5.41, 5.74) is 11.6. The van der Waals surface area contributed by atoms with Crippen LogP contribution in [0.1, 0.15) is 78.2 Å². The maximum absolute atomic E-state index is 13.7. The van der Waals surface area contributed by atoms with Crippen molar-refractivity contribution in [3.05, 3.63) is 29.8 Å². The minimum atomic E-state index is -1.76. The number of carbonyl (C=O) groups excluding carboxylic acids is 6. The van der Waals surface area contributed by atoms with Crippen LogP contribution in [-0.2, 0) is 49.6 Å². The van der Waals surface area contributed by atoms with Crippen molar-refractivity contribution in [2.45, 2.75) is 121 Å². The summed E-state index contributed by atoms with van der Waals surface area (Å²) in [5, 5.41) is 62.1. The Morgan fingerprint density at radius 2 is 0.983 bits per heavy atom. The molecule has 0 aliphatic carbocycles. The molecule has 0 heterocycles. The standard InChI is InChI=1S/C38H60N8O14/c1-19(2)13-25(33(54)45-28(17-31(51)52)36(57)41-24(38(59)60)7-5-6-12-39)44-37(58)29(18-47)46-34(55)26(14-20(3)4)43-35(56)27(15-21-8-10-22(48)11-9-21)42-32(53)23(40)16-30(49)50/h8-11,19-20,23-29,47-48H,5-7,12-18,39-40H2,1-4H3,(H,41,57)(H,42,53)(H,43,56)(H,44,58)(H,45,54)(H,46,55)(H,49,50)(H,51,52)(H,59,60)/t23-,24-,25-,26-,27-,28-,29-/m0/s1. The van der Waals surface area contributed by atoms with Gasteiger partial charge < -0.3 is 68.9 Å². The third kappa shape index (κ3) is 19.7. The van der Waals surface area contributed by atoms with Crippen molar-refractivity contribution in [1.29, 1.82) is 0 Å². The number of aromatic hydroxyl groups is 1. The molecule has 0 spiro atoms. The van der Waals surface area contributed by atoms with Crippen molar-refractivity contribution < 1.29 is 68.7 Å². The molecule has 7 atom stereocenters. The fourth-order valence-electron chi connectivity index (χ4n) is 5.73. The molecule has 0 aromatic heterocycles. The highest BCUT2D eigenvalue weighted by Crippen LogP contribution is 2.14. The number of carboxylic acid groups (broad SMARTS) is 3. The second-order valence-electron chi connectivity index (χ2n) is 15.1. The number of aliphatic hydroxyl groups is 1. The number of carboxylic acids is 3. The van der Waals surface area contributed by atoms with E-state index in [2.05, 4.69) is 31.9 Å². The highest BCUT2D eigenvalue weighted by Gasteiger charge is 2.35. The van der Waals surface area contributed by atoms with Gasteiger partial charge in [-0.2, -0.15) is 0 Å². The largest absolute Gasteiger partial charge is 0.508 e. The Balaban J connectivity index is 3.28. The van der Waals surface area contributed by atoms with E-state index in [4.69, 9.17) is 16.6 Å². The van der Waals surface area contributed by atoms with Crippen molar-refractivity contribution in [3.8, 4) is 5.75 Å². The first-order valence-electron chi connectivity index (χ1n) is 19.4. The summed E-state index contributed by atoms with van der Waals surface area (Å²) in [4.78, 5) is 115. The summed E-state index contributed by atoms with van der Waals surface area (Å²) in [6.07, 6.45) is -1.18. The van der Waals surface area contributed by atoms with Crippen molar-refractivity contribution in [2.75, 3.05) is 13.2 Å². The van der Waals surface area contributed by atoms with Crippen molar-refractivity contribution in [2.24, 2.45) is 23.3 Å². The lowest BCUT2D eigenvalue weighted by Crippen LogP contribution is -2.61. The van der Waals surface area contributed by atoms with Gasteiger partial charge in [0, 0.05) is 6.42 Å². The van der Waals surface area contributed by atoms with E-state index in [9.17, 15) is 63.6 Å². The van der Waals surface area contributed by atoms with Gasteiger partial charge in [0.25, 0.3) is 0 Å². The lowest BCUT2D eigenvalue weighted by molar-refractivity contribution is -0.144. The maximum Gasteiger partial charge on any atom is 0.326 e. The van der Waals surface area contributed by atoms with Gasteiger partial charge in [-0.1, -0.05) is 39.8 Å². The average Bonchev–Trinajstić information content (AvgIpc) is 3.15. The number of aliphatic hydroxyl groups excluding tert-OH is 1. The number of benzene rings is 1. The Morgan fingerprint density at radius 3 is 1.43 bits per heavy atom.